The van der Waals surface area contributed by atoms with Crippen molar-refractivity contribution in [2.24, 2.45) is 0 Å². The fourth-order valence-corrected chi connectivity index (χ4v) is 2.11. The molecule has 16 heavy (non-hydrogen) atoms. The van der Waals surface area contributed by atoms with Crippen LogP contribution in [0.3, 0.4) is 0 Å². The summed E-state index contributed by atoms with van der Waals surface area (Å²) in [5.41, 5.74) is 2.13. The average molecular weight is 234 g/mol. The molecule has 0 spiro atoms. The normalized spacial score (nSPS) is 17.9. The molecule has 0 aliphatic heterocycles. The van der Waals surface area contributed by atoms with Crippen molar-refractivity contribution < 1.29 is 0 Å². The fraction of sp³-hybridized carbons (Fsp3) is 0.500. The number of benzene rings is 1. The van der Waals surface area contributed by atoms with Crippen molar-refractivity contribution in [2.75, 3.05) is 0 Å². The fourth-order valence-electron chi connectivity index (χ4n) is 1.87. The maximum atomic E-state index is 7.28. The van der Waals surface area contributed by atoms with E-state index < -0.39 is 0 Å². The second kappa shape index (κ2) is 3.50. The zero-order chi connectivity index (χ0) is 12.0. The summed E-state index contributed by atoms with van der Waals surface area (Å²) in [4.78, 5) is 3.76. The highest BCUT2D eigenvalue weighted by Crippen LogP contribution is 2.50. The van der Waals surface area contributed by atoms with Gasteiger partial charge in [-0.05, 0) is 29.2 Å². The zero-order valence-corrected chi connectivity index (χ0v) is 10.7. The van der Waals surface area contributed by atoms with Gasteiger partial charge < -0.3 is 4.85 Å². The third kappa shape index (κ3) is 1.95. The van der Waals surface area contributed by atoms with Gasteiger partial charge in [0.15, 0.2) is 0 Å². The highest BCUT2D eigenvalue weighted by Gasteiger charge is 2.52. The molecule has 0 atom stereocenters. The molecule has 0 radical (unpaired) electrons. The first kappa shape index (κ1) is 11.5. The van der Waals surface area contributed by atoms with Crippen LogP contribution in [0.25, 0.3) is 4.85 Å². The van der Waals surface area contributed by atoms with Gasteiger partial charge in [0.2, 0.25) is 0 Å². The van der Waals surface area contributed by atoms with Gasteiger partial charge in [0, 0.05) is 23.4 Å². The van der Waals surface area contributed by atoms with E-state index in [-0.39, 0.29) is 11.0 Å². The van der Waals surface area contributed by atoms with Gasteiger partial charge >= 0.3 is 0 Å². The van der Waals surface area contributed by atoms with Gasteiger partial charge in [-0.15, -0.1) is 0 Å². The lowest BCUT2D eigenvalue weighted by molar-refractivity contribution is 0.588. The molecular formula is C14H16ClN. The molecule has 0 heterocycles. The lowest BCUT2D eigenvalue weighted by atomic mass is 9.85. The van der Waals surface area contributed by atoms with Crippen molar-refractivity contribution in [1.29, 1.82) is 0 Å². The Morgan fingerprint density at radius 3 is 2.31 bits per heavy atom. The summed E-state index contributed by atoms with van der Waals surface area (Å²) in [6.45, 7) is 13.8. The second-order valence-corrected chi connectivity index (χ2v) is 6.06. The van der Waals surface area contributed by atoms with Crippen LogP contribution in [-0.4, -0.2) is 0 Å². The van der Waals surface area contributed by atoms with E-state index >= 15 is 0 Å². The summed E-state index contributed by atoms with van der Waals surface area (Å²) < 4.78 is 0. The van der Waals surface area contributed by atoms with E-state index in [1.165, 1.54) is 5.56 Å². The molecule has 1 nitrogen and oxygen atoms in total. The molecular weight excluding hydrogens is 218 g/mol. The Labute approximate surface area is 102 Å². The van der Waals surface area contributed by atoms with E-state index in [9.17, 15) is 0 Å². The first-order valence-electron chi connectivity index (χ1n) is 5.58. The molecule has 0 bridgehead atoms. The standard InChI is InChI=1S/C14H16ClN/c1-13(2,3)10-7-11(9-12(15)8-10)14(16-4)5-6-14/h7-9H,5-6H2,1-3H3. The van der Waals surface area contributed by atoms with E-state index in [4.69, 9.17) is 18.2 Å². The molecule has 1 aliphatic carbocycles. The van der Waals surface area contributed by atoms with Gasteiger partial charge in [-0.2, -0.15) is 0 Å². The summed E-state index contributed by atoms with van der Waals surface area (Å²) >= 11 is 6.14. The van der Waals surface area contributed by atoms with Crippen molar-refractivity contribution >= 4 is 11.6 Å². The summed E-state index contributed by atoms with van der Waals surface area (Å²) in [6.07, 6.45) is 1.95. The Bertz CT molecular complexity index is 459. The monoisotopic (exact) mass is 233 g/mol. The van der Waals surface area contributed by atoms with Gasteiger partial charge in [0.1, 0.15) is 0 Å². The summed E-state index contributed by atoms with van der Waals surface area (Å²) in [7, 11) is 0. The smallest absolute Gasteiger partial charge is 0.258 e. The molecule has 0 amide bonds. The lowest BCUT2D eigenvalue weighted by Crippen LogP contribution is -2.12. The summed E-state index contributed by atoms with van der Waals surface area (Å²) in [6, 6.07) is 6.10. The Hall–Kier alpha value is -1.00. The van der Waals surface area contributed by atoms with Crippen molar-refractivity contribution in [1.82, 2.24) is 0 Å². The number of halogens is 1. The number of nitrogens with zero attached hydrogens (tertiary/aromatic N) is 1. The van der Waals surface area contributed by atoms with Gasteiger partial charge in [-0.1, -0.05) is 32.4 Å². The first-order chi connectivity index (χ1) is 7.37. The Morgan fingerprint density at radius 2 is 1.88 bits per heavy atom. The van der Waals surface area contributed by atoms with Crippen molar-refractivity contribution in [3.8, 4) is 0 Å². The minimum absolute atomic E-state index is 0.0811. The van der Waals surface area contributed by atoms with E-state index in [1.807, 2.05) is 12.1 Å². The van der Waals surface area contributed by atoms with Crippen molar-refractivity contribution in [2.45, 2.75) is 44.6 Å². The molecule has 84 valence electrons. The van der Waals surface area contributed by atoms with E-state index in [0.29, 0.717) is 0 Å². The van der Waals surface area contributed by atoms with Gasteiger partial charge in [0.25, 0.3) is 5.54 Å². The molecule has 0 aromatic heterocycles. The van der Waals surface area contributed by atoms with Gasteiger partial charge in [-0.3, -0.25) is 0 Å². The molecule has 1 saturated carbocycles. The highest BCUT2D eigenvalue weighted by atomic mass is 35.5. The summed E-state index contributed by atoms with van der Waals surface area (Å²) in [5.74, 6) is 0. The third-order valence-electron chi connectivity index (χ3n) is 3.24. The minimum Gasteiger partial charge on any atom is -0.305 e. The number of hydrogen-bond donors (Lipinski definition) is 0. The number of hydrogen-bond acceptors (Lipinski definition) is 0. The van der Waals surface area contributed by atoms with Crippen LogP contribution in [0.15, 0.2) is 18.2 Å². The topological polar surface area (TPSA) is 4.36 Å². The molecule has 2 heteroatoms. The van der Waals surface area contributed by atoms with E-state index in [2.05, 4.69) is 31.7 Å². The quantitative estimate of drug-likeness (QED) is 0.627. The largest absolute Gasteiger partial charge is 0.305 e. The first-order valence-corrected chi connectivity index (χ1v) is 5.95. The van der Waals surface area contributed by atoms with Crippen LogP contribution < -0.4 is 0 Å². The van der Waals surface area contributed by atoms with Crippen LogP contribution in [0.4, 0.5) is 0 Å². The lowest BCUT2D eigenvalue weighted by Gasteiger charge is -2.20. The van der Waals surface area contributed by atoms with Crippen LogP contribution in [-0.2, 0) is 11.0 Å². The number of rotatable bonds is 1. The van der Waals surface area contributed by atoms with Crippen LogP contribution in [0.1, 0.15) is 44.7 Å². The van der Waals surface area contributed by atoms with Crippen LogP contribution >= 0.6 is 11.6 Å². The molecule has 1 aromatic rings. The molecule has 1 aliphatic rings. The van der Waals surface area contributed by atoms with Crippen LogP contribution in [0, 0.1) is 6.57 Å². The second-order valence-electron chi connectivity index (χ2n) is 5.62. The molecule has 1 fully saturated rings. The Kier molecular flexibility index (Phi) is 2.51. The maximum Gasteiger partial charge on any atom is 0.258 e. The highest BCUT2D eigenvalue weighted by molar-refractivity contribution is 6.30. The average Bonchev–Trinajstić information content (AvgIpc) is 2.96. The van der Waals surface area contributed by atoms with E-state index in [1.54, 1.807) is 0 Å². The molecule has 0 N–H and O–H groups in total. The molecule has 0 unspecified atom stereocenters. The SMILES string of the molecule is [C-]#[N+]C1(c2cc(Cl)cc(C(C)(C)C)c2)CC1. The maximum absolute atomic E-state index is 7.28. The third-order valence-corrected chi connectivity index (χ3v) is 3.46. The van der Waals surface area contributed by atoms with Crippen LogP contribution in [0.5, 0.6) is 0 Å². The van der Waals surface area contributed by atoms with Crippen molar-refractivity contribution in [3.05, 3.63) is 45.8 Å². The van der Waals surface area contributed by atoms with Crippen molar-refractivity contribution in [3.63, 3.8) is 0 Å². The minimum atomic E-state index is -0.259. The van der Waals surface area contributed by atoms with Crippen LogP contribution in [0.2, 0.25) is 5.02 Å². The predicted octanol–water partition coefficient (Wildman–Crippen LogP) is 4.55. The molecule has 2 rings (SSSR count). The Morgan fingerprint density at radius 1 is 1.25 bits per heavy atom. The zero-order valence-electron chi connectivity index (χ0n) is 9.97. The predicted molar refractivity (Wildman–Crippen MR) is 67.7 cm³/mol. The van der Waals surface area contributed by atoms with Gasteiger partial charge in [0.05, 0.1) is 0 Å². The Balaban J connectivity index is 2.50. The molecule has 1 aromatic carbocycles. The van der Waals surface area contributed by atoms with Gasteiger partial charge in [-0.25, -0.2) is 6.57 Å². The molecule has 0 saturated heterocycles. The summed E-state index contributed by atoms with van der Waals surface area (Å²) in [5, 5.41) is 0.748. The van der Waals surface area contributed by atoms with E-state index in [0.717, 1.165) is 23.4 Å².